The highest BCUT2D eigenvalue weighted by molar-refractivity contribution is 5.85. The van der Waals surface area contributed by atoms with Crippen molar-refractivity contribution in [1.29, 1.82) is 0 Å². The van der Waals surface area contributed by atoms with E-state index in [-0.39, 0.29) is 26.0 Å². The summed E-state index contributed by atoms with van der Waals surface area (Å²) in [6.45, 7) is -0.411. The first-order chi connectivity index (χ1) is 13.0. The minimum atomic E-state index is -0.934. The van der Waals surface area contributed by atoms with Crippen LogP contribution in [0.15, 0.2) is 60.7 Å². The number of aliphatic carboxylic acids is 1. The Bertz CT molecular complexity index is 749. The van der Waals surface area contributed by atoms with Crippen molar-refractivity contribution in [3.8, 4) is 5.75 Å². The number of benzene rings is 2. The van der Waals surface area contributed by atoms with Gasteiger partial charge in [0.15, 0.2) is 6.61 Å². The molecule has 0 radical (unpaired) electrons. The van der Waals surface area contributed by atoms with Gasteiger partial charge in [-0.3, -0.25) is 14.4 Å². The number of carbonyl (C=O) groups is 3. The average molecular weight is 370 g/mol. The fraction of sp³-hybridized carbons (Fsp3) is 0.250. The summed E-state index contributed by atoms with van der Waals surface area (Å²) in [5, 5.41) is 14.1. The molecular weight excluding hydrogens is 348 g/mol. The smallest absolute Gasteiger partial charge is 0.303 e. The van der Waals surface area contributed by atoms with Gasteiger partial charge in [-0.2, -0.15) is 0 Å². The van der Waals surface area contributed by atoms with Crippen molar-refractivity contribution in [2.24, 2.45) is 0 Å². The van der Waals surface area contributed by atoms with Crippen LogP contribution in [-0.4, -0.2) is 36.0 Å². The monoisotopic (exact) mass is 370 g/mol. The van der Waals surface area contributed by atoms with E-state index in [4.69, 9.17) is 9.84 Å². The highest BCUT2D eigenvalue weighted by Gasteiger charge is 2.16. The van der Waals surface area contributed by atoms with Crippen molar-refractivity contribution in [3.63, 3.8) is 0 Å². The van der Waals surface area contributed by atoms with Gasteiger partial charge in [-0.1, -0.05) is 48.5 Å². The summed E-state index contributed by atoms with van der Waals surface area (Å²) in [6, 6.07) is 17.6. The van der Waals surface area contributed by atoms with E-state index in [1.165, 1.54) is 0 Å². The number of carboxylic acid groups (broad SMARTS) is 1. The van der Waals surface area contributed by atoms with Crippen LogP contribution in [0.25, 0.3) is 0 Å². The second-order valence-electron chi connectivity index (χ2n) is 5.84. The Morgan fingerprint density at radius 1 is 0.926 bits per heavy atom. The first-order valence-corrected chi connectivity index (χ1v) is 8.55. The van der Waals surface area contributed by atoms with Crippen LogP contribution in [0.5, 0.6) is 5.75 Å². The average Bonchev–Trinajstić information content (AvgIpc) is 2.69. The van der Waals surface area contributed by atoms with E-state index in [0.717, 1.165) is 5.56 Å². The molecule has 1 unspecified atom stereocenters. The summed E-state index contributed by atoms with van der Waals surface area (Å²) in [7, 11) is 0. The molecule has 2 amide bonds. The lowest BCUT2D eigenvalue weighted by molar-refractivity contribution is -0.137. The number of carboxylic acids is 1. The van der Waals surface area contributed by atoms with E-state index < -0.39 is 23.8 Å². The number of amides is 2. The molecule has 142 valence electrons. The van der Waals surface area contributed by atoms with Crippen LogP contribution >= 0.6 is 0 Å². The molecule has 2 aromatic rings. The Kier molecular flexibility index (Phi) is 7.84. The molecule has 0 aliphatic carbocycles. The van der Waals surface area contributed by atoms with Crippen molar-refractivity contribution in [1.82, 2.24) is 10.6 Å². The molecule has 3 N–H and O–H groups in total. The third-order valence-electron chi connectivity index (χ3n) is 3.74. The predicted molar refractivity (Wildman–Crippen MR) is 99.1 cm³/mol. The maximum absolute atomic E-state index is 12.1. The first-order valence-electron chi connectivity index (χ1n) is 8.55. The molecule has 2 aromatic carbocycles. The van der Waals surface area contributed by atoms with Crippen molar-refractivity contribution in [2.45, 2.75) is 18.9 Å². The highest BCUT2D eigenvalue weighted by atomic mass is 16.5. The normalized spacial score (nSPS) is 11.3. The second kappa shape index (κ2) is 10.6. The standard InChI is InChI=1S/C20H22N2O5/c23-18(13-21-19(24)14-27-16-9-5-2-6-10-16)22-17(11-12-20(25)26)15-7-3-1-4-8-15/h1-10,17H,11-14H2,(H,21,24)(H,22,23)(H,25,26). The number of carbonyl (C=O) groups excluding carboxylic acids is 2. The molecule has 7 nitrogen and oxygen atoms in total. The molecule has 0 aliphatic heterocycles. The Morgan fingerprint density at radius 2 is 1.56 bits per heavy atom. The number of nitrogens with one attached hydrogen (secondary N) is 2. The minimum Gasteiger partial charge on any atom is -0.484 e. The molecule has 0 fully saturated rings. The number of para-hydroxylation sites is 1. The van der Waals surface area contributed by atoms with Crippen molar-refractivity contribution in [2.75, 3.05) is 13.2 Å². The maximum Gasteiger partial charge on any atom is 0.303 e. The van der Waals surface area contributed by atoms with Gasteiger partial charge in [0.05, 0.1) is 12.6 Å². The number of hydrogen-bond acceptors (Lipinski definition) is 4. The topological polar surface area (TPSA) is 105 Å². The van der Waals surface area contributed by atoms with Gasteiger partial charge < -0.3 is 20.5 Å². The van der Waals surface area contributed by atoms with Gasteiger partial charge in [0, 0.05) is 6.42 Å². The molecule has 27 heavy (non-hydrogen) atoms. The predicted octanol–water partition coefficient (Wildman–Crippen LogP) is 1.90. The largest absolute Gasteiger partial charge is 0.484 e. The maximum atomic E-state index is 12.1. The van der Waals surface area contributed by atoms with E-state index in [2.05, 4.69) is 10.6 Å². The molecule has 0 heterocycles. The van der Waals surface area contributed by atoms with Gasteiger partial charge in [-0.15, -0.1) is 0 Å². The van der Waals surface area contributed by atoms with E-state index in [1.54, 1.807) is 24.3 Å². The lowest BCUT2D eigenvalue weighted by Crippen LogP contribution is -2.40. The van der Waals surface area contributed by atoms with Gasteiger partial charge >= 0.3 is 5.97 Å². The summed E-state index contributed by atoms with van der Waals surface area (Å²) in [6.07, 6.45) is 0.188. The molecule has 0 aliphatic rings. The van der Waals surface area contributed by atoms with Crippen LogP contribution in [0.2, 0.25) is 0 Å². The van der Waals surface area contributed by atoms with Crippen LogP contribution in [0.4, 0.5) is 0 Å². The lowest BCUT2D eigenvalue weighted by Gasteiger charge is -2.19. The zero-order valence-corrected chi connectivity index (χ0v) is 14.8. The van der Waals surface area contributed by atoms with Crippen LogP contribution in [0.1, 0.15) is 24.4 Å². The van der Waals surface area contributed by atoms with Crippen LogP contribution in [0, 0.1) is 0 Å². The Balaban J connectivity index is 1.80. The SMILES string of the molecule is O=C(O)CCC(NC(=O)CNC(=O)COc1ccccc1)c1ccccc1. The molecular formula is C20H22N2O5. The zero-order chi connectivity index (χ0) is 19.5. The summed E-state index contributed by atoms with van der Waals surface area (Å²) < 4.78 is 5.31. The zero-order valence-electron chi connectivity index (χ0n) is 14.8. The van der Waals surface area contributed by atoms with Gasteiger partial charge in [-0.05, 0) is 24.1 Å². The van der Waals surface area contributed by atoms with E-state index in [1.807, 2.05) is 36.4 Å². The highest BCUT2D eigenvalue weighted by Crippen LogP contribution is 2.18. The Labute approximate surface area is 157 Å². The molecule has 2 rings (SSSR count). The molecule has 7 heteroatoms. The number of ether oxygens (including phenoxy) is 1. The first kappa shape index (κ1) is 20.0. The number of hydrogen-bond donors (Lipinski definition) is 3. The van der Waals surface area contributed by atoms with Gasteiger partial charge in [0.2, 0.25) is 5.91 Å². The quantitative estimate of drug-likeness (QED) is 0.592. The summed E-state index contributed by atoms with van der Waals surface area (Å²) in [5.41, 5.74) is 0.811. The molecule has 0 spiro atoms. The Morgan fingerprint density at radius 3 is 2.19 bits per heavy atom. The molecule has 0 saturated heterocycles. The molecule has 0 bridgehead atoms. The minimum absolute atomic E-state index is 0.0723. The van der Waals surface area contributed by atoms with Crippen molar-refractivity contribution >= 4 is 17.8 Å². The van der Waals surface area contributed by atoms with E-state index in [9.17, 15) is 14.4 Å². The van der Waals surface area contributed by atoms with Crippen LogP contribution in [-0.2, 0) is 14.4 Å². The van der Waals surface area contributed by atoms with E-state index in [0.29, 0.717) is 5.75 Å². The summed E-state index contributed by atoms with van der Waals surface area (Å²) in [4.78, 5) is 34.8. The van der Waals surface area contributed by atoms with Gasteiger partial charge in [0.25, 0.3) is 5.91 Å². The van der Waals surface area contributed by atoms with Gasteiger partial charge in [-0.25, -0.2) is 0 Å². The summed E-state index contributed by atoms with van der Waals surface area (Å²) >= 11 is 0. The molecule has 1 atom stereocenters. The van der Waals surface area contributed by atoms with Crippen molar-refractivity contribution < 1.29 is 24.2 Å². The third kappa shape index (κ3) is 7.60. The van der Waals surface area contributed by atoms with E-state index >= 15 is 0 Å². The molecule has 0 saturated carbocycles. The second-order valence-corrected chi connectivity index (χ2v) is 5.84. The third-order valence-corrected chi connectivity index (χ3v) is 3.74. The van der Waals surface area contributed by atoms with Crippen LogP contribution in [0.3, 0.4) is 0 Å². The molecule has 0 aromatic heterocycles. The van der Waals surface area contributed by atoms with Crippen molar-refractivity contribution in [3.05, 3.63) is 66.2 Å². The Hall–Kier alpha value is -3.35. The summed E-state index contributed by atoms with van der Waals surface area (Å²) in [5.74, 6) is -1.19. The fourth-order valence-corrected chi connectivity index (χ4v) is 2.42. The fourth-order valence-electron chi connectivity index (χ4n) is 2.42. The number of rotatable bonds is 10. The lowest BCUT2D eigenvalue weighted by atomic mass is 10.0. The van der Waals surface area contributed by atoms with Gasteiger partial charge in [0.1, 0.15) is 5.75 Å². The van der Waals surface area contributed by atoms with Crippen LogP contribution < -0.4 is 15.4 Å².